The van der Waals surface area contributed by atoms with Crippen molar-refractivity contribution in [3.05, 3.63) is 76.2 Å². The van der Waals surface area contributed by atoms with Crippen molar-refractivity contribution in [2.75, 3.05) is 12.5 Å². The van der Waals surface area contributed by atoms with Gasteiger partial charge in [0.05, 0.1) is 17.0 Å². The van der Waals surface area contributed by atoms with Crippen LogP contribution in [0.25, 0.3) is 22.0 Å². The number of nitrogens with one attached hydrogen (secondary N) is 1. The zero-order valence-electron chi connectivity index (χ0n) is 17.8. The van der Waals surface area contributed by atoms with E-state index >= 15 is 0 Å². The minimum Gasteiger partial charge on any atom is -0.548 e. The Morgan fingerprint density at radius 2 is 1.97 bits per heavy atom. The van der Waals surface area contributed by atoms with E-state index < -0.39 is 12.0 Å². The predicted molar refractivity (Wildman–Crippen MR) is 118 cm³/mol. The number of para-hydroxylation sites is 1. The summed E-state index contributed by atoms with van der Waals surface area (Å²) in [5.74, 6) is 0.402. The minimum absolute atomic E-state index is 0. The van der Waals surface area contributed by atoms with Crippen molar-refractivity contribution >= 4 is 28.6 Å². The number of aromatic nitrogens is 2. The summed E-state index contributed by atoms with van der Waals surface area (Å²) in [5, 5.41) is 13.4. The van der Waals surface area contributed by atoms with E-state index in [0.717, 1.165) is 33.2 Å². The first-order valence-electron chi connectivity index (χ1n) is 10.2. The number of hydrogen-bond donors (Lipinski definition) is 1. The number of pyridine rings is 1. The molecule has 2 aliphatic rings. The van der Waals surface area contributed by atoms with Crippen molar-refractivity contribution in [2.24, 2.45) is 0 Å². The smallest absolute Gasteiger partial charge is 0.548 e. The van der Waals surface area contributed by atoms with Crippen LogP contribution in [0.3, 0.4) is 0 Å². The zero-order chi connectivity index (χ0) is 21.8. The number of benzene rings is 2. The van der Waals surface area contributed by atoms with Crippen molar-refractivity contribution < 1.29 is 38.2 Å². The number of carboxylic acid groups (broad SMARTS) is 1. The molecule has 1 atom stereocenters. The van der Waals surface area contributed by atoms with Crippen LogP contribution in [-0.2, 0) is 11.2 Å². The van der Waals surface area contributed by atoms with Gasteiger partial charge in [0.25, 0.3) is 5.56 Å². The maximum absolute atomic E-state index is 13.0. The van der Waals surface area contributed by atoms with Crippen LogP contribution < -0.4 is 39.0 Å². The normalized spacial score (nSPS) is 15.9. The van der Waals surface area contributed by atoms with Crippen LogP contribution in [0.2, 0.25) is 0 Å². The molecule has 9 heteroatoms. The number of nitrogens with zero attached hydrogens (tertiary/aromatic N) is 1. The molecule has 2 aromatic carbocycles. The van der Waals surface area contributed by atoms with Crippen molar-refractivity contribution in [1.82, 2.24) is 9.55 Å². The first-order chi connectivity index (χ1) is 15.6. The summed E-state index contributed by atoms with van der Waals surface area (Å²) < 4.78 is 12.3. The molecule has 6 rings (SSSR count). The van der Waals surface area contributed by atoms with Crippen molar-refractivity contribution in [2.45, 2.75) is 17.5 Å². The number of rotatable bonds is 4. The third-order valence-electron chi connectivity index (χ3n) is 5.94. The van der Waals surface area contributed by atoms with Crippen LogP contribution in [0.1, 0.15) is 17.2 Å². The van der Waals surface area contributed by atoms with E-state index in [-0.39, 0.29) is 37.0 Å². The van der Waals surface area contributed by atoms with Crippen LogP contribution >= 0.6 is 11.8 Å². The van der Waals surface area contributed by atoms with Gasteiger partial charge < -0.3 is 24.4 Å². The van der Waals surface area contributed by atoms with E-state index in [0.29, 0.717) is 22.9 Å². The van der Waals surface area contributed by atoms with Crippen LogP contribution in [0, 0.1) is 0 Å². The molecule has 1 N–H and O–H groups in total. The van der Waals surface area contributed by atoms with Gasteiger partial charge in [0.2, 0.25) is 6.79 Å². The molecule has 0 fully saturated rings. The molecule has 160 valence electrons. The zero-order valence-corrected chi connectivity index (χ0v) is 18.6. The van der Waals surface area contributed by atoms with Gasteiger partial charge in [-0.1, -0.05) is 24.3 Å². The first kappa shape index (κ1) is 21.8. The summed E-state index contributed by atoms with van der Waals surface area (Å²) >= 11 is 1.38. The van der Waals surface area contributed by atoms with E-state index in [1.54, 1.807) is 6.07 Å². The Morgan fingerprint density at radius 3 is 2.82 bits per heavy atom. The van der Waals surface area contributed by atoms with Gasteiger partial charge in [-0.15, -0.1) is 11.8 Å². The Labute approximate surface area is 204 Å². The molecule has 0 bridgehead atoms. The molecule has 0 aliphatic carbocycles. The standard InChI is InChI=1S/C24H18N2O5S.Li/c27-21-9-14(7-13-5-6-19-20(8-13)31-12-30-19)22(23-26(21)18(11-32-23)24(28)29)16-10-25-17-4-2-1-3-15(16)17;/h1-6,8-10,18,25H,7,11-12H2,(H,28,29);/q;+1/p-1/t18-;/m0./s1. The second-order valence-electron chi connectivity index (χ2n) is 7.82. The fraction of sp³-hybridized carbons (Fsp3) is 0.167. The number of hydrogen-bond acceptors (Lipinski definition) is 6. The van der Waals surface area contributed by atoms with Crippen LogP contribution in [0.5, 0.6) is 11.5 Å². The van der Waals surface area contributed by atoms with Crippen molar-refractivity contribution in [3.8, 4) is 22.6 Å². The fourth-order valence-electron chi connectivity index (χ4n) is 4.47. The molecule has 4 aromatic rings. The number of H-pyrrole nitrogens is 1. The Hall–Kier alpha value is -3.05. The fourth-order valence-corrected chi connectivity index (χ4v) is 5.81. The van der Waals surface area contributed by atoms with E-state index in [1.165, 1.54) is 16.3 Å². The Balaban J connectivity index is 0.00000228. The Morgan fingerprint density at radius 1 is 1.15 bits per heavy atom. The Bertz CT molecular complexity index is 1460. The molecule has 0 spiro atoms. The average molecular weight is 452 g/mol. The third-order valence-corrected chi connectivity index (χ3v) is 7.10. The molecular formula is C24H17LiN2O5S. The third kappa shape index (κ3) is 3.55. The van der Waals surface area contributed by atoms with Crippen LogP contribution in [-0.4, -0.2) is 28.1 Å². The maximum atomic E-state index is 13.0. The second-order valence-corrected chi connectivity index (χ2v) is 8.82. The van der Waals surface area contributed by atoms with Gasteiger partial charge >= 0.3 is 18.9 Å². The number of ether oxygens (including phenoxy) is 2. The summed E-state index contributed by atoms with van der Waals surface area (Å²) in [6, 6.07) is 14.2. The number of aromatic amines is 1. The molecule has 2 aliphatic heterocycles. The molecule has 0 unspecified atom stereocenters. The molecule has 2 aromatic heterocycles. The van der Waals surface area contributed by atoms with Crippen molar-refractivity contribution in [1.29, 1.82) is 0 Å². The number of aliphatic carboxylic acids is 1. The van der Waals surface area contributed by atoms with Gasteiger partial charge in [-0.25, -0.2) is 0 Å². The molecule has 0 radical (unpaired) electrons. The van der Waals surface area contributed by atoms with Gasteiger partial charge in [-0.3, -0.25) is 9.36 Å². The molecular weight excluding hydrogens is 435 g/mol. The second kappa shape index (κ2) is 8.38. The van der Waals surface area contributed by atoms with Gasteiger partial charge in [-0.2, -0.15) is 0 Å². The average Bonchev–Trinajstić information content (AvgIpc) is 3.52. The summed E-state index contributed by atoms with van der Waals surface area (Å²) in [5.41, 5.74) is 4.25. The largest absolute Gasteiger partial charge is 1.00 e. The van der Waals surface area contributed by atoms with E-state index in [2.05, 4.69) is 4.98 Å². The first-order valence-corrected chi connectivity index (χ1v) is 11.2. The molecule has 7 nitrogen and oxygen atoms in total. The monoisotopic (exact) mass is 452 g/mol. The number of fused-ring (bicyclic) bond motifs is 3. The number of carbonyl (C=O) groups is 1. The topological polar surface area (TPSA) is 96.4 Å². The number of carbonyl (C=O) groups excluding carboxylic acids is 1. The van der Waals surface area contributed by atoms with Crippen LogP contribution in [0.15, 0.2) is 64.5 Å². The summed E-state index contributed by atoms with van der Waals surface area (Å²) in [7, 11) is 0. The summed E-state index contributed by atoms with van der Waals surface area (Å²) in [6.07, 6.45) is 2.41. The van der Waals surface area contributed by atoms with E-state index in [1.807, 2.05) is 48.7 Å². The molecule has 0 amide bonds. The summed E-state index contributed by atoms with van der Waals surface area (Å²) in [4.78, 5) is 28.0. The Kier molecular flexibility index (Phi) is 5.53. The number of thioether (sulfide) groups is 1. The maximum Gasteiger partial charge on any atom is 1.00 e. The number of carboxylic acids is 1. The quantitative estimate of drug-likeness (QED) is 0.428. The molecule has 0 saturated carbocycles. The summed E-state index contributed by atoms with van der Waals surface area (Å²) in [6.45, 7) is 0.195. The minimum atomic E-state index is -1.24. The van der Waals surface area contributed by atoms with Gasteiger partial charge in [-0.05, 0) is 35.7 Å². The molecule has 4 heterocycles. The van der Waals surface area contributed by atoms with Crippen molar-refractivity contribution in [3.63, 3.8) is 0 Å². The van der Waals surface area contributed by atoms with Gasteiger partial charge in [0, 0.05) is 40.0 Å². The molecule has 0 saturated heterocycles. The van der Waals surface area contributed by atoms with Gasteiger partial charge in [0.15, 0.2) is 11.5 Å². The van der Waals surface area contributed by atoms with E-state index in [4.69, 9.17) is 9.47 Å². The van der Waals surface area contributed by atoms with Gasteiger partial charge in [0.1, 0.15) is 0 Å². The predicted octanol–water partition coefficient (Wildman–Crippen LogP) is -0.283. The SMILES string of the molecule is O=C([O-])[C@@H]1CSc2c(-c3c[nH]c4ccccc34)c(Cc3ccc4c(c3)OCO4)cc(=O)n21.[Li+]. The van der Waals surface area contributed by atoms with Crippen LogP contribution in [0.4, 0.5) is 0 Å². The van der Waals surface area contributed by atoms with E-state index in [9.17, 15) is 14.7 Å². The molecule has 33 heavy (non-hydrogen) atoms.